The average molecular weight is 599 g/mol. The van der Waals surface area contributed by atoms with Gasteiger partial charge in [0.05, 0.1) is 23.5 Å². The van der Waals surface area contributed by atoms with E-state index in [-0.39, 0.29) is 52.4 Å². The highest BCUT2D eigenvalue weighted by Gasteiger charge is 2.27. The number of aromatic nitrogens is 3. The second-order valence-electron chi connectivity index (χ2n) is 8.70. The number of fused-ring (bicyclic) bond motifs is 1. The van der Waals surface area contributed by atoms with Crippen LogP contribution in [-0.2, 0) is 0 Å². The minimum Gasteiger partial charge on any atom is -0.453 e. The molecule has 3 heterocycles. The van der Waals surface area contributed by atoms with Crippen LogP contribution >= 0.6 is 22.9 Å². The SMILES string of the molecule is CN(CCO)c1c(C(=O)Nc2ccc(Oc3ccnc(N)c3Cl)c(F)c2)c(=O)n(-c2ccc(F)cc2)c2scnc12. The normalized spacial score (nSPS) is 11.0. The molecule has 10 nitrogen and oxygen atoms in total. The van der Waals surface area contributed by atoms with E-state index in [2.05, 4.69) is 15.3 Å². The van der Waals surface area contributed by atoms with Crippen LogP contribution in [-0.4, -0.2) is 45.7 Å². The molecule has 0 aliphatic heterocycles. The summed E-state index contributed by atoms with van der Waals surface area (Å²) in [6, 6.07) is 10.3. The number of amides is 1. The first kappa shape index (κ1) is 28.0. The summed E-state index contributed by atoms with van der Waals surface area (Å²) in [4.78, 5) is 37.7. The summed E-state index contributed by atoms with van der Waals surface area (Å²) in [6.45, 7) is -0.167. The lowest BCUT2D eigenvalue weighted by molar-refractivity contribution is 0.102. The van der Waals surface area contributed by atoms with Crippen LogP contribution < -0.4 is 26.2 Å². The van der Waals surface area contributed by atoms with Crippen LogP contribution in [0.25, 0.3) is 16.0 Å². The second-order valence-corrected chi connectivity index (χ2v) is 9.91. The minimum absolute atomic E-state index is 0.0127. The van der Waals surface area contributed by atoms with Gasteiger partial charge in [0.25, 0.3) is 11.5 Å². The molecule has 0 aliphatic carbocycles. The van der Waals surface area contributed by atoms with Crippen molar-refractivity contribution in [2.24, 2.45) is 0 Å². The molecule has 0 bridgehead atoms. The Kier molecular flexibility index (Phi) is 7.83. The maximum atomic E-state index is 15.0. The Bertz CT molecular complexity index is 1830. The highest BCUT2D eigenvalue weighted by atomic mass is 35.5. The number of hydrogen-bond donors (Lipinski definition) is 3. The molecule has 0 atom stereocenters. The van der Waals surface area contributed by atoms with Crippen LogP contribution in [0.5, 0.6) is 11.5 Å². The van der Waals surface area contributed by atoms with E-state index in [4.69, 9.17) is 22.1 Å². The van der Waals surface area contributed by atoms with Crippen LogP contribution in [0.3, 0.4) is 0 Å². The fraction of sp³-hybridized carbons (Fsp3) is 0.111. The number of aliphatic hydroxyl groups excluding tert-OH is 1. The average Bonchev–Trinajstić information content (AvgIpc) is 3.42. The molecule has 0 radical (unpaired) electrons. The number of benzene rings is 2. The van der Waals surface area contributed by atoms with Crippen molar-refractivity contribution < 1.29 is 23.4 Å². The monoisotopic (exact) mass is 598 g/mol. The van der Waals surface area contributed by atoms with Crippen LogP contribution in [0.4, 0.5) is 26.0 Å². The number of nitrogens with one attached hydrogen (secondary N) is 1. The van der Waals surface area contributed by atoms with E-state index < -0.39 is 23.1 Å². The number of carbonyl (C=O) groups excluding carboxylic acids is 1. The Morgan fingerprint density at radius 1 is 1.17 bits per heavy atom. The predicted octanol–water partition coefficient (Wildman–Crippen LogP) is 4.83. The van der Waals surface area contributed by atoms with Crippen LogP contribution in [0.1, 0.15) is 10.4 Å². The summed E-state index contributed by atoms with van der Waals surface area (Å²) in [5.74, 6) is -2.27. The van der Waals surface area contributed by atoms with E-state index in [1.54, 1.807) is 7.05 Å². The third-order valence-corrected chi connectivity index (χ3v) is 7.24. The van der Waals surface area contributed by atoms with Crippen molar-refractivity contribution >= 4 is 56.4 Å². The number of aliphatic hydroxyl groups is 1. The molecule has 1 amide bonds. The summed E-state index contributed by atoms with van der Waals surface area (Å²) in [5.41, 5.74) is 7.01. The number of thiazole rings is 1. The molecule has 4 N–H and O–H groups in total. The Hall–Kier alpha value is -4.59. The maximum Gasteiger partial charge on any atom is 0.271 e. The highest BCUT2D eigenvalue weighted by Crippen LogP contribution is 2.35. The second kappa shape index (κ2) is 11.5. The fourth-order valence-corrected chi connectivity index (χ4v) is 5.10. The fourth-order valence-electron chi connectivity index (χ4n) is 4.14. The van der Waals surface area contributed by atoms with E-state index in [0.29, 0.717) is 16.0 Å². The molecule has 14 heteroatoms. The Morgan fingerprint density at radius 3 is 2.63 bits per heavy atom. The lowest BCUT2D eigenvalue weighted by Gasteiger charge is -2.23. The third-order valence-electron chi connectivity index (χ3n) is 6.05. The lowest BCUT2D eigenvalue weighted by atomic mass is 10.1. The van der Waals surface area contributed by atoms with Gasteiger partial charge in [-0.15, -0.1) is 11.3 Å². The first-order chi connectivity index (χ1) is 19.7. The molecule has 210 valence electrons. The van der Waals surface area contributed by atoms with Gasteiger partial charge in [-0.2, -0.15) is 0 Å². The zero-order valence-electron chi connectivity index (χ0n) is 21.3. The zero-order chi connectivity index (χ0) is 29.3. The van der Waals surface area contributed by atoms with Crippen LogP contribution in [0.2, 0.25) is 5.02 Å². The zero-order valence-corrected chi connectivity index (χ0v) is 22.8. The third kappa shape index (κ3) is 5.42. The van der Waals surface area contributed by atoms with Gasteiger partial charge in [-0.25, -0.2) is 18.7 Å². The summed E-state index contributed by atoms with van der Waals surface area (Å²) >= 11 is 7.23. The van der Waals surface area contributed by atoms with Crippen molar-refractivity contribution in [3.63, 3.8) is 0 Å². The molecule has 0 saturated heterocycles. The number of nitrogens with zero attached hydrogens (tertiary/aromatic N) is 4. The molecule has 0 fully saturated rings. The molecular formula is C27H21ClF2N6O4S. The number of nitrogen functional groups attached to an aromatic ring is 1. The van der Waals surface area contributed by atoms with Gasteiger partial charge in [0.2, 0.25) is 0 Å². The van der Waals surface area contributed by atoms with Crippen molar-refractivity contribution in [3.05, 3.63) is 92.8 Å². The van der Waals surface area contributed by atoms with Gasteiger partial charge < -0.3 is 25.8 Å². The van der Waals surface area contributed by atoms with Gasteiger partial charge >= 0.3 is 0 Å². The molecule has 0 unspecified atom stereocenters. The standard InChI is InChI=1S/C27H21ClF2N6O4S/c1-35(10-11-37)23-20(26(39)36(27-22(23)33-13-41-27)16-5-2-14(29)3-6-16)25(38)34-15-4-7-18(17(30)12-15)40-19-8-9-32-24(31)21(19)28/h2-9,12-13,37H,10-11H2,1H3,(H2,31,32)(H,34,38). The number of likely N-dealkylation sites (N-methyl/N-ethyl adjacent to an activating group) is 1. The van der Waals surface area contributed by atoms with E-state index in [1.165, 1.54) is 63.6 Å². The molecule has 0 spiro atoms. The molecule has 2 aromatic carbocycles. The maximum absolute atomic E-state index is 15.0. The van der Waals surface area contributed by atoms with Crippen molar-refractivity contribution in [3.8, 4) is 17.2 Å². The molecular weight excluding hydrogens is 578 g/mol. The number of halogens is 3. The Morgan fingerprint density at radius 2 is 1.93 bits per heavy atom. The number of nitrogens with two attached hydrogens (primary N) is 1. The van der Waals surface area contributed by atoms with Gasteiger partial charge in [-0.05, 0) is 36.4 Å². The van der Waals surface area contributed by atoms with Crippen LogP contribution in [0.15, 0.2) is 65.0 Å². The summed E-state index contributed by atoms with van der Waals surface area (Å²) in [7, 11) is 1.60. The van der Waals surface area contributed by atoms with Gasteiger partial charge in [0.1, 0.15) is 32.6 Å². The minimum atomic E-state index is -0.849. The van der Waals surface area contributed by atoms with E-state index in [0.717, 1.165) is 17.4 Å². The number of pyridine rings is 2. The van der Waals surface area contributed by atoms with E-state index in [9.17, 15) is 23.5 Å². The molecule has 41 heavy (non-hydrogen) atoms. The quantitative estimate of drug-likeness (QED) is 0.231. The van der Waals surface area contributed by atoms with Crippen molar-refractivity contribution in [1.29, 1.82) is 0 Å². The van der Waals surface area contributed by atoms with Crippen molar-refractivity contribution in [2.45, 2.75) is 0 Å². The van der Waals surface area contributed by atoms with Gasteiger partial charge in [0, 0.05) is 37.6 Å². The molecule has 0 aliphatic rings. The lowest BCUT2D eigenvalue weighted by Crippen LogP contribution is -2.34. The van der Waals surface area contributed by atoms with Gasteiger partial charge in [-0.1, -0.05) is 11.6 Å². The largest absolute Gasteiger partial charge is 0.453 e. The summed E-state index contributed by atoms with van der Waals surface area (Å²) in [5, 5.41) is 12.1. The highest BCUT2D eigenvalue weighted by molar-refractivity contribution is 7.16. The predicted molar refractivity (Wildman–Crippen MR) is 154 cm³/mol. The van der Waals surface area contributed by atoms with E-state index in [1.807, 2.05) is 0 Å². The summed E-state index contributed by atoms with van der Waals surface area (Å²) < 4.78 is 35.4. The number of rotatable bonds is 8. The van der Waals surface area contributed by atoms with Gasteiger partial charge in [0.15, 0.2) is 17.3 Å². The first-order valence-electron chi connectivity index (χ1n) is 12.0. The van der Waals surface area contributed by atoms with Crippen molar-refractivity contribution in [1.82, 2.24) is 14.5 Å². The molecule has 0 saturated carbocycles. The Labute approximate surface area is 240 Å². The molecule has 5 aromatic rings. The Balaban J connectivity index is 1.56. The number of anilines is 3. The number of carbonyl (C=O) groups is 1. The summed E-state index contributed by atoms with van der Waals surface area (Å²) in [6.07, 6.45) is 1.35. The number of hydrogen-bond acceptors (Lipinski definition) is 9. The van der Waals surface area contributed by atoms with Crippen molar-refractivity contribution in [2.75, 3.05) is 36.1 Å². The molecule has 3 aromatic heterocycles. The topological polar surface area (TPSA) is 136 Å². The van der Waals surface area contributed by atoms with E-state index >= 15 is 0 Å². The smallest absolute Gasteiger partial charge is 0.271 e. The van der Waals surface area contributed by atoms with Crippen LogP contribution in [0, 0.1) is 11.6 Å². The van der Waals surface area contributed by atoms with Gasteiger partial charge in [-0.3, -0.25) is 14.2 Å². The first-order valence-corrected chi connectivity index (χ1v) is 13.2. The molecule has 5 rings (SSSR count). The number of ether oxygens (including phenoxy) is 1.